The third kappa shape index (κ3) is 2.67. The quantitative estimate of drug-likeness (QED) is 0.829. The average molecular weight is 339 g/mol. The molecule has 2 aliphatic heterocycles. The predicted octanol–water partition coefficient (Wildman–Crippen LogP) is 1.96. The van der Waals surface area contributed by atoms with E-state index in [1.165, 1.54) is 6.20 Å². The molecule has 2 N–H and O–H groups in total. The van der Waals surface area contributed by atoms with Gasteiger partial charge < -0.3 is 20.1 Å². The highest BCUT2D eigenvalue weighted by molar-refractivity contribution is 6.08. The number of phenols is 1. The number of aromatic nitrogens is 1. The van der Waals surface area contributed by atoms with Gasteiger partial charge in [-0.2, -0.15) is 0 Å². The van der Waals surface area contributed by atoms with Crippen LogP contribution in [0.1, 0.15) is 22.8 Å². The number of amides is 2. The summed E-state index contributed by atoms with van der Waals surface area (Å²) in [5, 5.41) is 12.8. The van der Waals surface area contributed by atoms with Gasteiger partial charge in [0.15, 0.2) is 18.2 Å². The van der Waals surface area contributed by atoms with E-state index in [0.29, 0.717) is 29.4 Å². The van der Waals surface area contributed by atoms with Crippen molar-refractivity contribution >= 4 is 23.3 Å². The van der Waals surface area contributed by atoms with Crippen LogP contribution in [-0.4, -0.2) is 35.1 Å². The van der Waals surface area contributed by atoms with Crippen LogP contribution in [0.15, 0.2) is 30.5 Å². The molecule has 0 fully saturated rings. The number of phenolic OH excluding ortho intramolecular Hbond substituents is 1. The van der Waals surface area contributed by atoms with E-state index in [0.717, 1.165) is 12.0 Å². The zero-order valence-corrected chi connectivity index (χ0v) is 13.7. The highest BCUT2D eigenvalue weighted by Gasteiger charge is 2.30. The maximum atomic E-state index is 13.0. The van der Waals surface area contributed by atoms with Crippen LogP contribution in [0, 0.1) is 5.92 Å². The highest BCUT2D eigenvalue weighted by Crippen LogP contribution is 2.38. The molecule has 1 atom stereocenters. The minimum absolute atomic E-state index is 0.0900. The minimum Gasteiger partial charge on any atom is -0.506 e. The van der Waals surface area contributed by atoms with Gasteiger partial charge in [0, 0.05) is 12.7 Å². The number of carbonyl (C=O) groups excluding carboxylic acids is 2. The zero-order valence-electron chi connectivity index (χ0n) is 13.7. The Morgan fingerprint density at radius 3 is 3.12 bits per heavy atom. The number of carbonyl (C=O) groups is 2. The van der Waals surface area contributed by atoms with Crippen LogP contribution in [0.2, 0.25) is 0 Å². The third-order valence-electron chi connectivity index (χ3n) is 4.39. The van der Waals surface area contributed by atoms with E-state index >= 15 is 0 Å². The molecule has 128 valence electrons. The normalized spacial score (nSPS) is 18.7. The largest absolute Gasteiger partial charge is 0.506 e. The molecule has 1 aromatic carbocycles. The Balaban J connectivity index is 1.71. The summed E-state index contributed by atoms with van der Waals surface area (Å²) in [7, 11) is 0. The van der Waals surface area contributed by atoms with Crippen molar-refractivity contribution in [2.24, 2.45) is 5.92 Å². The second-order valence-electron chi connectivity index (χ2n) is 6.42. The summed E-state index contributed by atoms with van der Waals surface area (Å²) in [6.45, 7) is 2.48. The van der Waals surface area contributed by atoms with Crippen molar-refractivity contribution in [2.45, 2.75) is 13.3 Å². The lowest BCUT2D eigenvalue weighted by atomic mass is 9.93. The lowest BCUT2D eigenvalue weighted by Crippen LogP contribution is -2.39. The van der Waals surface area contributed by atoms with Gasteiger partial charge in [-0.1, -0.05) is 19.1 Å². The Morgan fingerprint density at radius 2 is 2.28 bits per heavy atom. The standard InChI is InChI=1S/C18H17N3O4/c1-10-5-11-3-2-4-13(22)16(11)21(8-10)18(24)12-6-14-17(19-7-12)20-15(23)9-25-14/h2-4,6-7,10,22H,5,8-9H2,1H3,(H,19,20,23). The molecule has 0 aliphatic carbocycles. The predicted molar refractivity (Wildman–Crippen MR) is 91.0 cm³/mol. The van der Waals surface area contributed by atoms with E-state index in [1.54, 1.807) is 23.1 Å². The second-order valence-corrected chi connectivity index (χ2v) is 6.42. The number of benzene rings is 1. The summed E-state index contributed by atoms with van der Waals surface area (Å²) >= 11 is 0. The number of rotatable bonds is 1. The van der Waals surface area contributed by atoms with Gasteiger partial charge in [-0.25, -0.2) is 4.98 Å². The number of anilines is 2. The van der Waals surface area contributed by atoms with Crippen LogP contribution in [0.25, 0.3) is 0 Å². The van der Waals surface area contributed by atoms with Crippen molar-refractivity contribution in [1.29, 1.82) is 0 Å². The van der Waals surface area contributed by atoms with Gasteiger partial charge in [0.1, 0.15) is 5.75 Å². The summed E-state index contributed by atoms with van der Waals surface area (Å²) in [6, 6.07) is 6.86. The number of hydrogen-bond donors (Lipinski definition) is 2. The summed E-state index contributed by atoms with van der Waals surface area (Å²) in [5.74, 6) is 0.510. The van der Waals surface area contributed by atoms with Crippen molar-refractivity contribution in [3.63, 3.8) is 0 Å². The number of fused-ring (bicyclic) bond motifs is 2. The number of pyridine rings is 1. The van der Waals surface area contributed by atoms with E-state index < -0.39 is 0 Å². The van der Waals surface area contributed by atoms with E-state index in [9.17, 15) is 14.7 Å². The number of aromatic hydroxyl groups is 1. The first kappa shape index (κ1) is 15.4. The number of nitrogens with one attached hydrogen (secondary N) is 1. The van der Waals surface area contributed by atoms with Gasteiger partial charge in [0.05, 0.1) is 11.3 Å². The van der Waals surface area contributed by atoms with Crippen LogP contribution in [-0.2, 0) is 11.2 Å². The van der Waals surface area contributed by atoms with E-state index in [1.807, 2.05) is 6.07 Å². The molecule has 2 aromatic rings. The fourth-order valence-corrected chi connectivity index (χ4v) is 3.31. The minimum atomic E-state index is -0.275. The maximum Gasteiger partial charge on any atom is 0.263 e. The third-order valence-corrected chi connectivity index (χ3v) is 4.39. The molecule has 2 amide bonds. The van der Waals surface area contributed by atoms with E-state index in [2.05, 4.69) is 17.2 Å². The first-order valence-electron chi connectivity index (χ1n) is 8.08. The fraction of sp³-hybridized carbons (Fsp3) is 0.278. The molecule has 7 nitrogen and oxygen atoms in total. The molecule has 1 unspecified atom stereocenters. The Morgan fingerprint density at radius 1 is 1.44 bits per heavy atom. The van der Waals surface area contributed by atoms with Gasteiger partial charge in [-0.3, -0.25) is 9.59 Å². The zero-order chi connectivity index (χ0) is 17.6. The van der Waals surface area contributed by atoms with Crippen molar-refractivity contribution < 1.29 is 19.4 Å². The summed E-state index contributed by atoms with van der Waals surface area (Å²) in [5.41, 5.74) is 1.84. The van der Waals surface area contributed by atoms with Crippen molar-refractivity contribution in [1.82, 2.24) is 4.98 Å². The molecule has 3 heterocycles. The highest BCUT2D eigenvalue weighted by atomic mass is 16.5. The fourth-order valence-electron chi connectivity index (χ4n) is 3.31. The summed E-state index contributed by atoms with van der Waals surface area (Å²) in [6.07, 6.45) is 2.22. The Labute approximate surface area is 144 Å². The average Bonchev–Trinajstić information content (AvgIpc) is 2.60. The molecule has 0 radical (unpaired) electrons. The molecule has 2 aliphatic rings. The molecular weight excluding hydrogens is 322 g/mol. The Kier molecular flexibility index (Phi) is 3.56. The maximum absolute atomic E-state index is 13.0. The van der Waals surface area contributed by atoms with Crippen LogP contribution < -0.4 is 15.0 Å². The molecule has 0 saturated carbocycles. The topological polar surface area (TPSA) is 91.8 Å². The summed E-state index contributed by atoms with van der Waals surface area (Å²) in [4.78, 5) is 30.1. The molecule has 7 heteroatoms. The SMILES string of the molecule is CC1Cc2cccc(O)c2N(C(=O)c2cnc3c(c2)OCC(=O)N3)C1. The van der Waals surface area contributed by atoms with Crippen LogP contribution in [0.3, 0.4) is 0 Å². The molecule has 0 spiro atoms. The van der Waals surface area contributed by atoms with Gasteiger partial charge >= 0.3 is 0 Å². The van der Waals surface area contributed by atoms with Crippen molar-refractivity contribution in [3.8, 4) is 11.5 Å². The lowest BCUT2D eigenvalue weighted by Gasteiger charge is -2.33. The van der Waals surface area contributed by atoms with Gasteiger partial charge in [0.2, 0.25) is 0 Å². The van der Waals surface area contributed by atoms with Crippen molar-refractivity contribution in [3.05, 3.63) is 41.6 Å². The Bertz CT molecular complexity index is 881. The number of para-hydroxylation sites is 1. The molecule has 0 bridgehead atoms. The van der Waals surface area contributed by atoms with E-state index in [4.69, 9.17) is 4.74 Å². The summed E-state index contributed by atoms with van der Waals surface area (Å²) < 4.78 is 5.33. The van der Waals surface area contributed by atoms with E-state index in [-0.39, 0.29) is 30.1 Å². The van der Waals surface area contributed by atoms with Gasteiger partial charge in [-0.15, -0.1) is 0 Å². The first-order valence-corrected chi connectivity index (χ1v) is 8.08. The van der Waals surface area contributed by atoms with Crippen LogP contribution in [0.4, 0.5) is 11.5 Å². The van der Waals surface area contributed by atoms with Gasteiger partial charge in [0.25, 0.3) is 11.8 Å². The number of hydrogen-bond acceptors (Lipinski definition) is 5. The molecule has 0 saturated heterocycles. The van der Waals surface area contributed by atoms with Crippen LogP contribution >= 0.6 is 0 Å². The second kappa shape index (κ2) is 5.77. The van der Waals surface area contributed by atoms with Crippen LogP contribution in [0.5, 0.6) is 11.5 Å². The lowest BCUT2D eigenvalue weighted by molar-refractivity contribution is -0.118. The molecule has 4 rings (SSSR count). The number of ether oxygens (including phenoxy) is 1. The first-order chi connectivity index (χ1) is 12.0. The Hall–Kier alpha value is -3.09. The molecular formula is C18H17N3O4. The van der Waals surface area contributed by atoms with Gasteiger partial charge in [-0.05, 0) is 30.0 Å². The molecule has 25 heavy (non-hydrogen) atoms. The smallest absolute Gasteiger partial charge is 0.263 e. The monoisotopic (exact) mass is 339 g/mol. The van der Waals surface area contributed by atoms with Crippen molar-refractivity contribution in [2.75, 3.05) is 23.4 Å². The molecule has 1 aromatic heterocycles. The number of nitrogens with zero attached hydrogens (tertiary/aromatic N) is 2.